The van der Waals surface area contributed by atoms with Crippen LogP contribution in [0.5, 0.6) is 0 Å². The molecule has 3 nitrogen and oxygen atoms in total. The molecule has 1 heterocycles. The van der Waals surface area contributed by atoms with E-state index in [0.717, 1.165) is 25.1 Å². The van der Waals surface area contributed by atoms with Crippen LogP contribution in [0.3, 0.4) is 0 Å². The molecule has 0 aliphatic carbocycles. The Kier molecular flexibility index (Phi) is 4.53. The molecule has 1 unspecified atom stereocenters. The summed E-state index contributed by atoms with van der Waals surface area (Å²) in [6.07, 6.45) is 3.19. The Hall–Kier alpha value is -1.61. The molecule has 0 aromatic heterocycles. The molecule has 18 heavy (non-hydrogen) atoms. The van der Waals surface area contributed by atoms with E-state index < -0.39 is 0 Å². The second-order valence-electron chi connectivity index (χ2n) is 4.67. The lowest BCUT2D eigenvalue weighted by Crippen LogP contribution is -2.32. The fourth-order valence-electron chi connectivity index (χ4n) is 2.08. The van der Waals surface area contributed by atoms with E-state index in [4.69, 9.17) is 0 Å². The second-order valence-corrected chi connectivity index (χ2v) is 4.67. The van der Waals surface area contributed by atoms with Crippen LogP contribution in [0.4, 0.5) is 0 Å². The van der Waals surface area contributed by atoms with Crippen molar-refractivity contribution >= 4 is 5.91 Å². The number of hydrogen-bond acceptors (Lipinski definition) is 2. The summed E-state index contributed by atoms with van der Waals surface area (Å²) in [5.74, 6) is 0.00847. The number of hydrogen-bond donors (Lipinski definition) is 2. The number of benzene rings is 1. The van der Waals surface area contributed by atoms with Gasteiger partial charge in [-0.05, 0) is 25.5 Å². The first-order valence-corrected chi connectivity index (χ1v) is 6.48. The molecule has 0 saturated carbocycles. The van der Waals surface area contributed by atoms with Crippen LogP contribution in [0.2, 0.25) is 0 Å². The minimum Gasteiger partial charge on any atom is -0.352 e. The minimum absolute atomic E-state index is 0.0893. The topological polar surface area (TPSA) is 41.1 Å². The number of amides is 1. The standard InChI is InChI=1S/C15H20N2O/c1-12(14-5-3-2-4-6-14)15(18)17-11-13-7-9-16-10-8-13/h2-7,12,16H,8-11H2,1H3,(H,17,18). The van der Waals surface area contributed by atoms with Crippen molar-refractivity contribution in [3.63, 3.8) is 0 Å². The molecule has 3 heteroatoms. The average Bonchev–Trinajstić information content (AvgIpc) is 2.46. The summed E-state index contributed by atoms with van der Waals surface area (Å²) >= 11 is 0. The summed E-state index contributed by atoms with van der Waals surface area (Å²) in [7, 11) is 0. The molecule has 96 valence electrons. The molecule has 1 aliphatic rings. The lowest BCUT2D eigenvalue weighted by molar-refractivity contribution is -0.122. The number of rotatable bonds is 4. The maximum atomic E-state index is 12.0. The predicted molar refractivity (Wildman–Crippen MR) is 73.4 cm³/mol. The molecule has 0 saturated heterocycles. The first-order valence-electron chi connectivity index (χ1n) is 6.48. The molecule has 1 aliphatic heterocycles. The highest BCUT2D eigenvalue weighted by Crippen LogP contribution is 2.14. The van der Waals surface area contributed by atoms with E-state index in [1.165, 1.54) is 5.57 Å². The van der Waals surface area contributed by atoms with Crippen LogP contribution in [0.1, 0.15) is 24.8 Å². The first kappa shape index (κ1) is 12.8. The molecular formula is C15H20N2O. The quantitative estimate of drug-likeness (QED) is 0.793. The zero-order chi connectivity index (χ0) is 12.8. The van der Waals surface area contributed by atoms with Crippen LogP contribution in [-0.2, 0) is 4.79 Å². The van der Waals surface area contributed by atoms with Gasteiger partial charge >= 0.3 is 0 Å². The van der Waals surface area contributed by atoms with Gasteiger partial charge in [0.05, 0.1) is 5.92 Å². The van der Waals surface area contributed by atoms with Gasteiger partial charge in [0.1, 0.15) is 0 Å². The normalized spacial score (nSPS) is 16.8. The highest BCUT2D eigenvalue weighted by Gasteiger charge is 2.14. The Morgan fingerprint density at radius 3 is 2.83 bits per heavy atom. The molecule has 2 N–H and O–H groups in total. The molecule has 1 aromatic rings. The van der Waals surface area contributed by atoms with Crippen LogP contribution >= 0.6 is 0 Å². The molecule has 1 amide bonds. The van der Waals surface area contributed by atoms with Crippen molar-refractivity contribution in [3.8, 4) is 0 Å². The molecule has 0 fully saturated rings. The zero-order valence-electron chi connectivity index (χ0n) is 10.8. The Balaban J connectivity index is 1.86. The Labute approximate surface area is 108 Å². The van der Waals surface area contributed by atoms with Crippen molar-refractivity contribution in [2.45, 2.75) is 19.3 Å². The van der Waals surface area contributed by atoms with E-state index in [0.29, 0.717) is 6.54 Å². The third-order valence-electron chi connectivity index (χ3n) is 3.34. The molecule has 0 bridgehead atoms. The Bertz CT molecular complexity index is 425. The second kappa shape index (κ2) is 6.36. The van der Waals surface area contributed by atoms with Crippen LogP contribution in [0.25, 0.3) is 0 Å². The van der Waals surface area contributed by atoms with Crippen LogP contribution in [-0.4, -0.2) is 25.5 Å². The molecule has 1 aromatic carbocycles. The highest BCUT2D eigenvalue weighted by molar-refractivity contribution is 5.83. The monoisotopic (exact) mass is 244 g/mol. The van der Waals surface area contributed by atoms with E-state index in [1.807, 2.05) is 37.3 Å². The smallest absolute Gasteiger partial charge is 0.227 e. The summed E-state index contributed by atoms with van der Waals surface area (Å²) in [6, 6.07) is 9.89. The summed E-state index contributed by atoms with van der Waals surface area (Å²) in [6.45, 7) is 4.55. The summed E-state index contributed by atoms with van der Waals surface area (Å²) in [5, 5.41) is 6.28. The van der Waals surface area contributed by atoms with Crippen LogP contribution in [0, 0.1) is 0 Å². The maximum Gasteiger partial charge on any atom is 0.227 e. The zero-order valence-corrected chi connectivity index (χ0v) is 10.8. The summed E-state index contributed by atoms with van der Waals surface area (Å²) < 4.78 is 0. The number of carbonyl (C=O) groups is 1. The Morgan fingerprint density at radius 1 is 1.39 bits per heavy atom. The van der Waals surface area contributed by atoms with Gasteiger partial charge in [-0.2, -0.15) is 0 Å². The average molecular weight is 244 g/mol. The molecule has 1 atom stereocenters. The van der Waals surface area contributed by atoms with Gasteiger partial charge in [-0.15, -0.1) is 0 Å². The van der Waals surface area contributed by atoms with E-state index in [9.17, 15) is 4.79 Å². The maximum absolute atomic E-state index is 12.0. The summed E-state index contributed by atoms with van der Waals surface area (Å²) in [4.78, 5) is 12.0. The minimum atomic E-state index is -0.0893. The van der Waals surface area contributed by atoms with Gasteiger partial charge < -0.3 is 10.6 Å². The summed E-state index contributed by atoms with van der Waals surface area (Å²) in [5.41, 5.74) is 2.39. The van der Waals surface area contributed by atoms with Crippen molar-refractivity contribution in [3.05, 3.63) is 47.5 Å². The lowest BCUT2D eigenvalue weighted by Gasteiger charge is -2.17. The van der Waals surface area contributed by atoms with E-state index in [-0.39, 0.29) is 11.8 Å². The van der Waals surface area contributed by atoms with Gasteiger partial charge in [0, 0.05) is 13.1 Å². The lowest BCUT2D eigenvalue weighted by atomic mass is 10.0. The fourth-order valence-corrected chi connectivity index (χ4v) is 2.08. The largest absolute Gasteiger partial charge is 0.352 e. The van der Waals surface area contributed by atoms with Crippen LogP contribution in [0.15, 0.2) is 42.0 Å². The van der Waals surface area contributed by atoms with Gasteiger partial charge in [-0.25, -0.2) is 0 Å². The van der Waals surface area contributed by atoms with Crippen molar-refractivity contribution in [1.82, 2.24) is 10.6 Å². The van der Waals surface area contributed by atoms with Gasteiger partial charge in [0.15, 0.2) is 0 Å². The molecule has 0 spiro atoms. The van der Waals surface area contributed by atoms with Crippen molar-refractivity contribution in [2.24, 2.45) is 0 Å². The molecule has 0 radical (unpaired) electrons. The predicted octanol–water partition coefficient (Wildman–Crippen LogP) is 1.83. The van der Waals surface area contributed by atoms with Crippen molar-refractivity contribution in [2.75, 3.05) is 19.6 Å². The molecule has 2 rings (SSSR count). The van der Waals surface area contributed by atoms with Crippen molar-refractivity contribution in [1.29, 1.82) is 0 Å². The third kappa shape index (κ3) is 3.44. The van der Waals surface area contributed by atoms with Gasteiger partial charge in [0.2, 0.25) is 5.91 Å². The van der Waals surface area contributed by atoms with Crippen LogP contribution < -0.4 is 10.6 Å². The third-order valence-corrected chi connectivity index (χ3v) is 3.34. The highest BCUT2D eigenvalue weighted by atomic mass is 16.1. The first-order chi connectivity index (χ1) is 8.77. The van der Waals surface area contributed by atoms with Gasteiger partial charge in [-0.1, -0.05) is 42.0 Å². The number of carbonyl (C=O) groups excluding carboxylic acids is 1. The fraction of sp³-hybridized carbons (Fsp3) is 0.400. The SMILES string of the molecule is CC(C(=O)NCC1=CCNCC1)c1ccccc1. The van der Waals surface area contributed by atoms with E-state index >= 15 is 0 Å². The molecular weight excluding hydrogens is 224 g/mol. The van der Waals surface area contributed by atoms with Gasteiger partial charge in [-0.3, -0.25) is 4.79 Å². The number of nitrogens with one attached hydrogen (secondary N) is 2. The van der Waals surface area contributed by atoms with Gasteiger partial charge in [0.25, 0.3) is 0 Å². The van der Waals surface area contributed by atoms with Crippen molar-refractivity contribution < 1.29 is 4.79 Å². The Morgan fingerprint density at radius 2 is 2.17 bits per heavy atom. The van der Waals surface area contributed by atoms with E-state index in [2.05, 4.69) is 16.7 Å². The van der Waals surface area contributed by atoms with E-state index in [1.54, 1.807) is 0 Å².